The first-order valence-electron chi connectivity index (χ1n) is 9.35. The lowest BCUT2D eigenvalue weighted by Gasteiger charge is -2.11. The van der Waals surface area contributed by atoms with Crippen molar-refractivity contribution in [1.29, 1.82) is 0 Å². The van der Waals surface area contributed by atoms with Crippen LogP contribution in [0.25, 0.3) is 23.0 Å². The second-order valence-corrected chi connectivity index (χ2v) is 7.16. The molecular weight excluding hydrogens is 332 g/mol. The third-order valence-electron chi connectivity index (χ3n) is 4.96. The van der Waals surface area contributed by atoms with Gasteiger partial charge in [-0.1, -0.05) is 50.2 Å². The molecule has 0 unspecified atom stereocenters. The molecule has 0 aliphatic carbocycles. The first kappa shape index (κ1) is 17.3. The molecule has 2 heterocycles. The molecule has 0 fully saturated rings. The Balaban J connectivity index is 2.16. The number of imidazole rings is 2. The fourth-order valence-electron chi connectivity index (χ4n) is 3.83. The average molecular weight is 357 g/mol. The molecule has 0 spiro atoms. The van der Waals surface area contributed by atoms with E-state index in [2.05, 4.69) is 100 Å². The van der Waals surface area contributed by atoms with Gasteiger partial charge in [0.1, 0.15) is 17.6 Å². The Morgan fingerprint density at radius 1 is 0.926 bits per heavy atom. The Morgan fingerprint density at radius 2 is 1.56 bits per heavy atom. The highest BCUT2D eigenvalue weighted by molar-refractivity contribution is 5.58. The van der Waals surface area contributed by atoms with Gasteiger partial charge in [0, 0.05) is 18.5 Å². The van der Waals surface area contributed by atoms with Crippen molar-refractivity contribution in [3.8, 4) is 23.0 Å². The van der Waals surface area contributed by atoms with Crippen LogP contribution < -0.4 is 4.57 Å². The predicted octanol–water partition coefficient (Wildman–Crippen LogP) is 4.59. The van der Waals surface area contributed by atoms with Gasteiger partial charge in [-0.05, 0) is 31.2 Å². The van der Waals surface area contributed by atoms with Crippen LogP contribution in [0, 0.1) is 6.92 Å². The number of hydrogen-bond acceptors (Lipinski definition) is 1. The molecule has 0 N–H and O–H groups in total. The second-order valence-electron chi connectivity index (χ2n) is 7.16. The van der Waals surface area contributed by atoms with E-state index < -0.39 is 0 Å². The number of benzene rings is 2. The molecule has 2 aromatic heterocycles. The van der Waals surface area contributed by atoms with Gasteiger partial charge in [0.25, 0.3) is 0 Å². The zero-order valence-electron chi connectivity index (χ0n) is 16.3. The summed E-state index contributed by atoms with van der Waals surface area (Å²) in [7, 11) is 2.04. The second kappa shape index (κ2) is 6.88. The molecule has 0 amide bonds. The highest BCUT2D eigenvalue weighted by atomic mass is 15.3. The molecule has 0 aliphatic heterocycles. The number of rotatable bonds is 4. The van der Waals surface area contributed by atoms with Gasteiger partial charge in [-0.15, -0.1) is 4.98 Å². The Labute approximate surface area is 160 Å². The molecule has 0 aliphatic rings. The fraction of sp³-hybridized carbons (Fsp3) is 0.217. The van der Waals surface area contributed by atoms with Crippen molar-refractivity contribution >= 4 is 0 Å². The van der Waals surface area contributed by atoms with Gasteiger partial charge in [0.05, 0.1) is 11.9 Å². The lowest BCUT2D eigenvalue weighted by atomic mass is 10.1. The molecule has 4 aromatic rings. The van der Waals surface area contributed by atoms with E-state index in [-0.39, 0.29) is 0 Å². The summed E-state index contributed by atoms with van der Waals surface area (Å²) in [5.41, 5.74) is 4.83. The van der Waals surface area contributed by atoms with Crippen LogP contribution >= 0.6 is 0 Å². The summed E-state index contributed by atoms with van der Waals surface area (Å²) in [6, 6.07) is 21.1. The normalized spacial score (nSPS) is 11.3. The lowest BCUT2D eigenvalue weighted by Crippen LogP contribution is -2.38. The van der Waals surface area contributed by atoms with Crippen molar-refractivity contribution < 1.29 is 4.57 Å². The standard InChI is InChI=1S/C23H25N4/c1-17(2)21-18(3)26(23-24-15-16-25(23)4)22(19-11-7-5-8-12-19)27(21)20-13-9-6-10-14-20/h5-17H,1-4H3/q+1. The van der Waals surface area contributed by atoms with E-state index in [1.165, 1.54) is 17.0 Å². The van der Waals surface area contributed by atoms with Crippen LogP contribution in [0.15, 0.2) is 73.1 Å². The maximum atomic E-state index is 4.65. The minimum atomic E-state index is 0.370. The van der Waals surface area contributed by atoms with Crippen molar-refractivity contribution in [2.45, 2.75) is 26.7 Å². The quantitative estimate of drug-likeness (QED) is 0.491. The van der Waals surface area contributed by atoms with Gasteiger partial charge in [0.15, 0.2) is 0 Å². The first-order chi connectivity index (χ1) is 13.1. The van der Waals surface area contributed by atoms with Crippen molar-refractivity contribution in [3.63, 3.8) is 0 Å². The van der Waals surface area contributed by atoms with Crippen LogP contribution in [0.2, 0.25) is 0 Å². The summed E-state index contributed by atoms with van der Waals surface area (Å²) in [6.45, 7) is 6.69. The van der Waals surface area contributed by atoms with Crippen molar-refractivity contribution in [3.05, 3.63) is 84.4 Å². The largest absolute Gasteiger partial charge is 0.358 e. The van der Waals surface area contributed by atoms with Crippen LogP contribution in [0.3, 0.4) is 0 Å². The van der Waals surface area contributed by atoms with Crippen LogP contribution in [-0.2, 0) is 7.05 Å². The fourth-order valence-corrected chi connectivity index (χ4v) is 3.83. The molecule has 0 bridgehead atoms. The van der Waals surface area contributed by atoms with E-state index in [0.29, 0.717) is 5.92 Å². The van der Waals surface area contributed by atoms with E-state index in [4.69, 9.17) is 0 Å². The van der Waals surface area contributed by atoms with Crippen molar-refractivity contribution in [1.82, 2.24) is 14.1 Å². The van der Waals surface area contributed by atoms with Gasteiger partial charge in [-0.25, -0.2) is 4.57 Å². The Kier molecular flexibility index (Phi) is 4.40. The third kappa shape index (κ3) is 2.87. The van der Waals surface area contributed by atoms with E-state index in [9.17, 15) is 0 Å². The van der Waals surface area contributed by atoms with E-state index in [1.807, 2.05) is 19.4 Å². The topological polar surface area (TPSA) is 26.6 Å². The predicted molar refractivity (Wildman–Crippen MR) is 108 cm³/mol. The van der Waals surface area contributed by atoms with Gasteiger partial charge >= 0.3 is 5.95 Å². The number of nitrogens with zero attached hydrogens (tertiary/aromatic N) is 4. The summed E-state index contributed by atoms with van der Waals surface area (Å²) < 4.78 is 6.72. The molecule has 0 saturated carbocycles. The lowest BCUT2D eigenvalue weighted by molar-refractivity contribution is -0.599. The maximum Gasteiger partial charge on any atom is 0.358 e. The van der Waals surface area contributed by atoms with Crippen molar-refractivity contribution in [2.24, 2.45) is 7.05 Å². The Morgan fingerprint density at radius 3 is 2.11 bits per heavy atom. The minimum Gasteiger partial charge on any atom is -0.256 e. The number of aryl methyl sites for hydroxylation is 1. The summed E-state index contributed by atoms with van der Waals surface area (Å²) >= 11 is 0. The molecule has 0 radical (unpaired) electrons. The molecule has 2 aromatic carbocycles. The summed E-state index contributed by atoms with van der Waals surface area (Å²) in [4.78, 5) is 4.65. The Bertz CT molecular complexity index is 1060. The highest BCUT2D eigenvalue weighted by Gasteiger charge is 2.31. The maximum absolute atomic E-state index is 4.65. The van der Waals surface area contributed by atoms with E-state index >= 15 is 0 Å². The molecule has 0 saturated heterocycles. The number of aromatic nitrogens is 4. The molecular formula is C23H25N4+. The molecule has 27 heavy (non-hydrogen) atoms. The zero-order chi connectivity index (χ0) is 19.0. The van der Waals surface area contributed by atoms with E-state index in [0.717, 1.165) is 17.5 Å². The molecule has 0 atom stereocenters. The summed E-state index contributed by atoms with van der Waals surface area (Å²) in [6.07, 6.45) is 3.84. The molecule has 136 valence electrons. The van der Waals surface area contributed by atoms with Crippen LogP contribution in [0.5, 0.6) is 0 Å². The highest BCUT2D eigenvalue weighted by Crippen LogP contribution is 2.30. The zero-order valence-corrected chi connectivity index (χ0v) is 16.3. The minimum absolute atomic E-state index is 0.370. The van der Waals surface area contributed by atoms with Gasteiger partial charge < -0.3 is 0 Å². The van der Waals surface area contributed by atoms with Gasteiger partial charge in [-0.3, -0.25) is 4.57 Å². The number of para-hydroxylation sites is 1. The monoisotopic (exact) mass is 357 g/mol. The summed E-state index contributed by atoms with van der Waals surface area (Å²) in [5, 5.41) is 0. The average Bonchev–Trinajstić information content (AvgIpc) is 3.23. The SMILES string of the molecule is Cc1c(C(C)C)n(-c2ccccc2)c(-c2ccccc2)[n+]1-c1nccn1C. The van der Waals surface area contributed by atoms with E-state index in [1.54, 1.807) is 0 Å². The van der Waals surface area contributed by atoms with Gasteiger partial charge in [0.2, 0.25) is 5.82 Å². The van der Waals surface area contributed by atoms with Gasteiger partial charge in [-0.2, -0.15) is 4.57 Å². The van der Waals surface area contributed by atoms with Crippen LogP contribution in [0.1, 0.15) is 31.2 Å². The van der Waals surface area contributed by atoms with Crippen molar-refractivity contribution in [2.75, 3.05) is 0 Å². The number of hydrogen-bond donors (Lipinski definition) is 0. The third-order valence-corrected chi connectivity index (χ3v) is 4.96. The molecule has 4 heteroatoms. The first-order valence-corrected chi connectivity index (χ1v) is 9.35. The summed E-state index contributed by atoms with van der Waals surface area (Å²) in [5.74, 6) is 2.41. The van der Waals surface area contributed by atoms with Crippen LogP contribution in [0.4, 0.5) is 0 Å². The molecule has 4 rings (SSSR count). The van der Waals surface area contributed by atoms with Crippen LogP contribution in [-0.4, -0.2) is 14.1 Å². The Hall–Kier alpha value is -3.14. The smallest absolute Gasteiger partial charge is 0.256 e. The molecule has 4 nitrogen and oxygen atoms in total.